The zero-order valence-corrected chi connectivity index (χ0v) is 17.6. The number of benzene rings is 3. The summed E-state index contributed by atoms with van der Waals surface area (Å²) in [7, 11) is 0. The first-order valence-corrected chi connectivity index (χ1v) is 8.90. The van der Waals surface area contributed by atoms with E-state index in [9.17, 15) is 0 Å². The average molecular weight is 525 g/mol. The summed E-state index contributed by atoms with van der Waals surface area (Å²) in [6.45, 7) is 4.28. The van der Waals surface area contributed by atoms with Gasteiger partial charge in [0.25, 0.3) is 0 Å². The number of aryl methyl sites for hydroxylation is 2. The van der Waals surface area contributed by atoms with Crippen LogP contribution in [0.5, 0.6) is 0 Å². The molecule has 0 aliphatic heterocycles. The molecule has 0 amide bonds. The Kier molecular flexibility index (Phi) is 4.55. The van der Waals surface area contributed by atoms with Gasteiger partial charge in [-0.3, -0.25) is 4.98 Å². The molecule has 4 aromatic rings. The molecule has 0 unspecified atom stereocenters. The minimum absolute atomic E-state index is 0. The molecule has 1 radical (unpaired) electrons. The molecule has 0 fully saturated rings. The van der Waals surface area contributed by atoms with Crippen molar-refractivity contribution in [3.63, 3.8) is 0 Å². The molecule has 0 spiro atoms. The van der Waals surface area contributed by atoms with E-state index < -0.39 is 0 Å². The van der Waals surface area contributed by atoms with Crippen molar-refractivity contribution in [3.05, 3.63) is 89.0 Å². The fraction of sp³-hybridized carbons (Fsp3) is 0.0800. The van der Waals surface area contributed by atoms with Crippen LogP contribution in [0.25, 0.3) is 45.4 Å². The van der Waals surface area contributed by atoms with Gasteiger partial charge in [-0.25, -0.2) is 0 Å². The summed E-state index contributed by atoms with van der Waals surface area (Å²) >= 11 is 0. The van der Waals surface area contributed by atoms with Crippen molar-refractivity contribution >= 4 is 23.1 Å². The van der Waals surface area contributed by atoms with E-state index in [0.717, 1.165) is 16.8 Å². The van der Waals surface area contributed by atoms with E-state index in [-0.39, 0.29) is 20.1 Å². The maximum Gasteiger partial charge on any atom is 0.0607 e. The molecule has 2 heteroatoms. The minimum Gasteiger partial charge on any atom is -0.296 e. The summed E-state index contributed by atoms with van der Waals surface area (Å²) in [6, 6.07) is 24.8. The first kappa shape index (κ1) is 17.9. The molecule has 0 atom stereocenters. The Morgan fingerprint density at radius 3 is 2.37 bits per heavy atom. The van der Waals surface area contributed by atoms with Crippen LogP contribution in [0.15, 0.2) is 60.7 Å². The zero-order chi connectivity index (χ0) is 17.7. The van der Waals surface area contributed by atoms with Crippen LogP contribution in [0.4, 0.5) is 0 Å². The topological polar surface area (TPSA) is 12.9 Å². The van der Waals surface area contributed by atoms with E-state index >= 15 is 0 Å². The van der Waals surface area contributed by atoms with Crippen LogP contribution in [0, 0.1) is 19.9 Å². The molecule has 1 aliphatic carbocycles. The molecule has 0 saturated carbocycles. The molecular formula is C25H18IrN-. The second-order valence-corrected chi connectivity index (χ2v) is 7.04. The van der Waals surface area contributed by atoms with Crippen LogP contribution in [0.1, 0.15) is 22.3 Å². The van der Waals surface area contributed by atoms with Gasteiger partial charge < -0.3 is 0 Å². The SMILES string of the molecule is Cc1cc(C)cc(-c2cc[c-]c(-c3cc4c5c(cccc5n3)C=C4)c2)c1.[Ir]. The Balaban J connectivity index is 0.00000180. The van der Waals surface area contributed by atoms with Gasteiger partial charge in [0.05, 0.1) is 5.52 Å². The third kappa shape index (κ3) is 3.16. The van der Waals surface area contributed by atoms with Crippen molar-refractivity contribution in [1.29, 1.82) is 0 Å². The fourth-order valence-electron chi connectivity index (χ4n) is 3.87. The summed E-state index contributed by atoms with van der Waals surface area (Å²) in [4.78, 5) is 4.91. The molecule has 0 saturated heterocycles. The molecule has 1 nitrogen and oxygen atoms in total. The van der Waals surface area contributed by atoms with E-state index in [4.69, 9.17) is 4.98 Å². The maximum atomic E-state index is 4.91. The van der Waals surface area contributed by atoms with E-state index in [2.05, 4.69) is 86.7 Å². The molecule has 3 aromatic carbocycles. The monoisotopic (exact) mass is 525 g/mol. The van der Waals surface area contributed by atoms with Crippen LogP contribution < -0.4 is 0 Å². The van der Waals surface area contributed by atoms with E-state index in [0.29, 0.717) is 0 Å². The predicted octanol–water partition coefficient (Wildman–Crippen LogP) is 6.47. The number of hydrogen-bond acceptors (Lipinski definition) is 1. The van der Waals surface area contributed by atoms with Crippen molar-refractivity contribution < 1.29 is 20.1 Å². The number of nitrogens with zero attached hydrogens (tertiary/aromatic N) is 1. The van der Waals surface area contributed by atoms with Gasteiger partial charge in [0, 0.05) is 25.5 Å². The predicted molar refractivity (Wildman–Crippen MR) is 110 cm³/mol. The summed E-state index contributed by atoms with van der Waals surface area (Å²) in [5, 5.41) is 1.25. The summed E-state index contributed by atoms with van der Waals surface area (Å²) in [6.07, 6.45) is 4.34. The van der Waals surface area contributed by atoms with Gasteiger partial charge in [-0.05, 0) is 42.3 Å². The molecule has 1 aromatic heterocycles. The standard InChI is InChI=1S/C25H18N.Ir/c1-16-11-17(2)13-22(12-16)19-6-3-7-20(14-19)24-15-21-10-9-18-5-4-8-23(26-24)25(18)21;/h3-6,8-15H,1-2H3;/q-1;. The Morgan fingerprint density at radius 2 is 1.56 bits per heavy atom. The van der Waals surface area contributed by atoms with Gasteiger partial charge in [-0.15, -0.1) is 35.4 Å². The van der Waals surface area contributed by atoms with E-state index in [1.165, 1.54) is 38.8 Å². The number of aromatic nitrogens is 1. The molecule has 1 heterocycles. The molecule has 0 N–H and O–H groups in total. The first-order chi connectivity index (χ1) is 12.7. The number of rotatable bonds is 2. The Bertz CT molecular complexity index is 1180. The minimum atomic E-state index is 0. The van der Waals surface area contributed by atoms with Crippen LogP contribution in [0.2, 0.25) is 0 Å². The molecule has 27 heavy (non-hydrogen) atoms. The van der Waals surface area contributed by atoms with Gasteiger partial charge >= 0.3 is 0 Å². The molecule has 0 bridgehead atoms. The quantitative estimate of drug-likeness (QED) is 0.241. The Hall–Kier alpha value is -2.54. The van der Waals surface area contributed by atoms with Crippen LogP contribution in [0.3, 0.4) is 0 Å². The number of pyridine rings is 1. The van der Waals surface area contributed by atoms with Gasteiger partial charge in [0.2, 0.25) is 0 Å². The Morgan fingerprint density at radius 1 is 0.778 bits per heavy atom. The normalized spacial score (nSPS) is 11.6. The smallest absolute Gasteiger partial charge is 0.0607 e. The third-order valence-corrected chi connectivity index (χ3v) is 4.97. The van der Waals surface area contributed by atoms with E-state index in [1.54, 1.807) is 0 Å². The molecule has 1 aliphatic rings. The largest absolute Gasteiger partial charge is 0.296 e. The van der Waals surface area contributed by atoms with Crippen LogP contribution >= 0.6 is 0 Å². The average Bonchev–Trinajstić information content (AvgIpc) is 3.06. The summed E-state index contributed by atoms with van der Waals surface area (Å²) in [5.74, 6) is 0. The first-order valence-electron chi connectivity index (χ1n) is 8.90. The fourth-order valence-corrected chi connectivity index (χ4v) is 3.87. The van der Waals surface area contributed by atoms with Crippen molar-refractivity contribution in [3.8, 4) is 22.4 Å². The van der Waals surface area contributed by atoms with Gasteiger partial charge in [-0.1, -0.05) is 59.7 Å². The maximum absolute atomic E-state index is 4.91. The third-order valence-electron chi connectivity index (χ3n) is 4.97. The zero-order valence-electron chi connectivity index (χ0n) is 15.2. The number of hydrogen-bond donors (Lipinski definition) is 0. The summed E-state index contributed by atoms with van der Waals surface area (Å²) < 4.78 is 0. The van der Waals surface area contributed by atoms with E-state index in [1.807, 2.05) is 6.07 Å². The van der Waals surface area contributed by atoms with Gasteiger partial charge in [-0.2, -0.15) is 0 Å². The van der Waals surface area contributed by atoms with Crippen LogP contribution in [-0.2, 0) is 20.1 Å². The second-order valence-electron chi connectivity index (χ2n) is 7.04. The Labute approximate surface area is 173 Å². The molecule has 133 valence electrons. The van der Waals surface area contributed by atoms with Gasteiger partial charge in [0.1, 0.15) is 0 Å². The van der Waals surface area contributed by atoms with Crippen LogP contribution in [-0.4, -0.2) is 4.98 Å². The summed E-state index contributed by atoms with van der Waals surface area (Å²) in [5.41, 5.74) is 10.6. The van der Waals surface area contributed by atoms with Crippen molar-refractivity contribution in [1.82, 2.24) is 4.98 Å². The van der Waals surface area contributed by atoms with Crippen molar-refractivity contribution in [2.24, 2.45) is 0 Å². The molecule has 5 rings (SSSR count). The second kappa shape index (κ2) is 6.88. The van der Waals surface area contributed by atoms with Gasteiger partial charge in [0.15, 0.2) is 0 Å². The van der Waals surface area contributed by atoms with Crippen molar-refractivity contribution in [2.45, 2.75) is 13.8 Å². The van der Waals surface area contributed by atoms with Crippen molar-refractivity contribution in [2.75, 3.05) is 0 Å². The molecular weight excluding hydrogens is 506 g/mol.